The van der Waals surface area contributed by atoms with Crippen LogP contribution in [0.1, 0.15) is 39.9 Å². The van der Waals surface area contributed by atoms with Crippen molar-refractivity contribution >= 4 is 16.9 Å². The second kappa shape index (κ2) is 8.15. The van der Waals surface area contributed by atoms with Gasteiger partial charge in [-0.05, 0) is 49.9 Å². The van der Waals surface area contributed by atoms with Gasteiger partial charge in [0.2, 0.25) is 0 Å². The molecule has 0 aliphatic rings. The number of aryl methyl sites for hydroxylation is 2. The average molecular weight is 392 g/mol. The van der Waals surface area contributed by atoms with Crippen molar-refractivity contribution in [3.8, 4) is 6.07 Å². The van der Waals surface area contributed by atoms with Gasteiger partial charge in [-0.1, -0.05) is 12.1 Å². The van der Waals surface area contributed by atoms with Gasteiger partial charge in [0, 0.05) is 29.1 Å². The molecule has 1 aromatic carbocycles. The number of H-pyrrole nitrogens is 1. The first kappa shape index (κ1) is 20.1. The Morgan fingerprint density at radius 1 is 1.21 bits per heavy atom. The van der Waals surface area contributed by atoms with Gasteiger partial charge in [0.05, 0.1) is 0 Å². The molecule has 148 valence electrons. The van der Waals surface area contributed by atoms with E-state index >= 15 is 0 Å². The standard InChI is InChI=1S/C22H20N2O5/c1-12-4-5-17-15(9-21(26)29-19(17)8-12)11-28-20(25)7-6-16-13(2)18(10-23)22(27)24-14(16)3/h4-5,8-9H,6-7,11H2,1-3H3,(H,24,27). The number of ether oxygens (including phenoxy) is 1. The number of carbonyl (C=O) groups is 1. The molecule has 0 fully saturated rings. The summed E-state index contributed by atoms with van der Waals surface area (Å²) in [6.07, 6.45) is 0.413. The van der Waals surface area contributed by atoms with Gasteiger partial charge in [-0.15, -0.1) is 0 Å². The van der Waals surface area contributed by atoms with Gasteiger partial charge < -0.3 is 14.1 Å². The van der Waals surface area contributed by atoms with Crippen LogP contribution in [0.2, 0.25) is 0 Å². The Hall–Kier alpha value is -3.66. The Kier molecular flexibility index (Phi) is 5.64. The van der Waals surface area contributed by atoms with E-state index < -0.39 is 17.2 Å². The molecule has 0 aliphatic carbocycles. The molecule has 29 heavy (non-hydrogen) atoms. The number of pyridine rings is 1. The van der Waals surface area contributed by atoms with Gasteiger partial charge in [0.15, 0.2) is 0 Å². The molecule has 2 heterocycles. The first-order valence-electron chi connectivity index (χ1n) is 9.11. The van der Waals surface area contributed by atoms with Crippen molar-refractivity contribution in [2.24, 2.45) is 0 Å². The average Bonchev–Trinajstić information content (AvgIpc) is 2.65. The Morgan fingerprint density at radius 3 is 2.69 bits per heavy atom. The normalized spacial score (nSPS) is 10.7. The van der Waals surface area contributed by atoms with Gasteiger partial charge in [0.1, 0.15) is 23.8 Å². The highest BCUT2D eigenvalue weighted by atomic mass is 16.5. The maximum absolute atomic E-state index is 12.2. The van der Waals surface area contributed by atoms with Crippen molar-refractivity contribution in [2.45, 2.75) is 40.2 Å². The fourth-order valence-electron chi connectivity index (χ4n) is 3.33. The van der Waals surface area contributed by atoms with E-state index in [1.807, 2.05) is 25.1 Å². The maximum atomic E-state index is 12.2. The third kappa shape index (κ3) is 4.27. The third-order valence-corrected chi connectivity index (χ3v) is 4.87. The molecular formula is C22H20N2O5. The van der Waals surface area contributed by atoms with Crippen LogP contribution in [-0.2, 0) is 22.6 Å². The quantitative estimate of drug-likeness (QED) is 0.527. The number of hydrogen-bond acceptors (Lipinski definition) is 6. The van der Waals surface area contributed by atoms with Crippen LogP contribution in [0.15, 0.2) is 38.3 Å². The van der Waals surface area contributed by atoms with E-state index in [1.54, 1.807) is 19.9 Å². The minimum absolute atomic E-state index is 0.0446. The zero-order valence-electron chi connectivity index (χ0n) is 16.4. The zero-order chi connectivity index (χ0) is 21.1. The number of nitrogens with one attached hydrogen (secondary N) is 1. The third-order valence-electron chi connectivity index (χ3n) is 4.87. The van der Waals surface area contributed by atoms with Gasteiger partial charge in [-0.25, -0.2) is 4.79 Å². The van der Waals surface area contributed by atoms with Crippen molar-refractivity contribution in [1.29, 1.82) is 5.26 Å². The molecule has 0 aliphatic heterocycles. The lowest BCUT2D eigenvalue weighted by Crippen LogP contribution is -2.17. The van der Waals surface area contributed by atoms with Crippen molar-refractivity contribution < 1.29 is 13.9 Å². The summed E-state index contributed by atoms with van der Waals surface area (Å²) in [7, 11) is 0. The fourth-order valence-corrected chi connectivity index (χ4v) is 3.33. The number of aromatic nitrogens is 1. The molecule has 0 bridgehead atoms. The van der Waals surface area contributed by atoms with Crippen LogP contribution in [0.5, 0.6) is 0 Å². The highest BCUT2D eigenvalue weighted by Gasteiger charge is 2.14. The topological polar surface area (TPSA) is 113 Å². The lowest BCUT2D eigenvalue weighted by molar-refractivity contribution is -0.144. The summed E-state index contributed by atoms with van der Waals surface area (Å²) in [6.45, 7) is 5.27. The van der Waals surface area contributed by atoms with Gasteiger partial charge in [-0.3, -0.25) is 9.59 Å². The monoisotopic (exact) mass is 392 g/mol. The molecule has 2 aromatic heterocycles. The van der Waals surface area contributed by atoms with Crippen molar-refractivity contribution in [3.63, 3.8) is 0 Å². The lowest BCUT2D eigenvalue weighted by Gasteiger charge is -2.11. The van der Waals surface area contributed by atoms with Gasteiger partial charge >= 0.3 is 11.6 Å². The Bertz CT molecular complexity index is 1260. The Morgan fingerprint density at radius 2 is 1.97 bits per heavy atom. The van der Waals surface area contributed by atoms with E-state index in [0.29, 0.717) is 34.2 Å². The van der Waals surface area contributed by atoms with E-state index in [0.717, 1.165) is 11.1 Å². The van der Waals surface area contributed by atoms with E-state index in [4.69, 9.17) is 14.4 Å². The summed E-state index contributed by atoms with van der Waals surface area (Å²) in [5.74, 6) is -0.443. The highest BCUT2D eigenvalue weighted by Crippen LogP contribution is 2.20. The maximum Gasteiger partial charge on any atom is 0.336 e. The summed E-state index contributed by atoms with van der Waals surface area (Å²) >= 11 is 0. The largest absolute Gasteiger partial charge is 0.461 e. The number of carbonyl (C=O) groups excluding carboxylic acids is 1. The lowest BCUT2D eigenvalue weighted by atomic mass is 9.99. The summed E-state index contributed by atoms with van der Waals surface area (Å²) in [4.78, 5) is 38.5. The molecule has 0 saturated carbocycles. The summed E-state index contributed by atoms with van der Waals surface area (Å²) in [6, 6.07) is 8.69. The minimum Gasteiger partial charge on any atom is -0.461 e. The van der Waals surface area contributed by atoms with Crippen molar-refractivity contribution in [2.75, 3.05) is 0 Å². The zero-order valence-corrected chi connectivity index (χ0v) is 16.4. The predicted molar refractivity (Wildman–Crippen MR) is 107 cm³/mol. The number of hydrogen-bond donors (Lipinski definition) is 1. The molecule has 0 unspecified atom stereocenters. The predicted octanol–water partition coefficient (Wildman–Crippen LogP) is 2.95. The number of fused-ring (bicyclic) bond motifs is 1. The molecule has 3 aromatic rings. The van der Waals surface area contributed by atoms with Crippen LogP contribution in [0.3, 0.4) is 0 Å². The number of nitrogens with zero attached hydrogens (tertiary/aromatic N) is 1. The molecule has 3 rings (SSSR count). The van der Waals surface area contributed by atoms with Crippen LogP contribution >= 0.6 is 0 Å². The first-order valence-corrected chi connectivity index (χ1v) is 9.11. The summed E-state index contributed by atoms with van der Waals surface area (Å²) < 4.78 is 10.5. The minimum atomic E-state index is -0.502. The molecule has 7 nitrogen and oxygen atoms in total. The van der Waals surface area contributed by atoms with Crippen molar-refractivity contribution in [1.82, 2.24) is 4.98 Å². The highest BCUT2D eigenvalue weighted by molar-refractivity contribution is 5.81. The Balaban J connectivity index is 1.72. The smallest absolute Gasteiger partial charge is 0.336 e. The SMILES string of the molecule is Cc1ccc2c(COC(=O)CCc3c(C)[nH]c(=O)c(C#N)c3C)cc(=O)oc2c1. The van der Waals surface area contributed by atoms with Crippen LogP contribution in [-0.4, -0.2) is 11.0 Å². The number of esters is 1. The van der Waals surface area contributed by atoms with E-state index in [1.165, 1.54) is 6.07 Å². The van der Waals surface area contributed by atoms with Crippen LogP contribution in [0.4, 0.5) is 0 Å². The van der Waals surface area contributed by atoms with Crippen molar-refractivity contribution in [3.05, 3.63) is 78.6 Å². The second-order valence-electron chi connectivity index (χ2n) is 6.92. The molecule has 1 N–H and O–H groups in total. The summed E-state index contributed by atoms with van der Waals surface area (Å²) in [5.41, 5.74) is 3.05. The van der Waals surface area contributed by atoms with Crippen LogP contribution in [0.25, 0.3) is 11.0 Å². The molecule has 0 amide bonds. The van der Waals surface area contributed by atoms with Gasteiger partial charge in [-0.2, -0.15) is 5.26 Å². The van der Waals surface area contributed by atoms with Gasteiger partial charge in [0.25, 0.3) is 5.56 Å². The van der Waals surface area contributed by atoms with Crippen LogP contribution in [0, 0.1) is 32.1 Å². The first-order chi connectivity index (χ1) is 13.8. The number of aromatic amines is 1. The number of benzene rings is 1. The molecular weight excluding hydrogens is 372 g/mol. The molecule has 0 radical (unpaired) electrons. The van der Waals surface area contributed by atoms with Crippen LogP contribution < -0.4 is 11.2 Å². The molecule has 0 atom stereocenters. The second-order valence-corrected chi connectivity index (χ2v) is 6.92. The molecule has 7 heteroatoms. The fraction of sp³-hybridized carbons (Fsp3) is 0.273. The summed E-state index contributed by atoms with van der Waals surface area (Å²) in [5, 5.41) is 9.85. The molecule has 0 spiro atoms. The Labute approximate surface area is 166 Å². The van der Waals surface area contributed by atoms with E-state index in [9.17, 15) is 14.4 Å². The van der Waals surface area contributed by atoms with E-state index in [2.05, 4.69) is 4.98 Å². The molecule has 0 saturated heterocycles. The van der Waals surface area contributed by atoms with E-state index in [-0.39, 0.29) is 18.6 Å². The number of rotatable bonds is 5. The number of nitriles is 1.